The molecule has 0 heterocycles. The number of nitrogens with zero attached hydrogens (tertiary/aromatic N) is 1. The molecule has 0 spiro atoms. The minimum atomic E-state index is -0.719. The van der Waals surface area contributed by atoms with E-state index in [9.17, 15) is 9.90 Å². The number of benzene rings is 2. The van der Waals surface area contributed by atoms with E-state index in [0.717, 1.165) is 16.7 Å². The highest BCUT2D eigenvalue weighted by Gasteiger charge is 2.15. The molecule has 0 saturated carbocycles. The van der Waals surface area contributed by atoms with Gasteiger partial charge in [-0.3, -0.25) is 4.79 Å². The van der Waals surface area contributed by atoms with Crippen molar-refractivity contribution in [3.05, 3.63) is 56.5 Å². The first kappa shape index (κ1) is 19.3. The second kappa shape index (κ2) is 8.36. The molecule has 0 saturated heterocycles. The van der Waals surface area contributed by atoms with Crippen LogP contribution in [0, 0.1) is 13.8 Å². The minimum absolute atomic E-state index is 0.136. The molecule has 0 bridgehead atoms. The standard InChI is InChI=1S/C18H18BrClN2O3/c1-10-6-14(7-11(2)17(10)20)25-12(3)18(24)22-21-9-13-4-5-16(23)15(19)8-13/h4-9,12,23H,1-3H3,(H,22,24)/b21-9-/t12-/m0/s1. The predicted molar refractivity (Wildman–Crippen MR) is 103 cm³/mol. The van der Waals surface area contributed by atoms with Crippen LogP contribution in [-0.4, -0.2) is 23.3 Å². The number of nitrogens with one attached hydrogen (secondary N) is 1. The van der Waals surface area contributed by atoms with Crippen LogP contribution < -0.4 is 10.2 Å². The van der Waals surface area contributed by atoms with Crippen molar-refractivity contribution >= 4 is 39.7 Å². The fourth-order valence-corrected chi connectivity index (χ4v) is 2.60. The smallest absolute Gasteiger partial charge is 0.280 e. The molecule has 7 heteroatoms. The van der Waals surface area contributed by atoms with Gasteiger partial charge in [0.25, 0.3) is 5.91 Å². The number of carbonyl (C=O) groups is 1. The van der Waals surface area contributed by atoms with Crippen molar-refractivity contribution < 1.29 is 14.6 Å². The third kappa shape index (κ3) is 5.21. The Morgan fingerprint density at radius 3 is 2.56 bits per heavy atom. The molecular formula is C18H18BrClN2O3. The molecule has 0 aliphatic carbocycles. The molecule has 0 aliphatic rings. The highest BCUT2D eigenvalue weighted by atomic mass is 79.9. The number of rotatable bonds is 5. The average Bonchev–Trinajstić information content (AvgIpc) is 2.55. The number of carbonyl (C=O) groups excluding carboxylic acids is 1. The largest absolute Gasteiger partial charge is 0.507 e. The first-order chi connectivity index (χ1) is 11.8. The maximum absolute atomic E-state index is 12.1. The topological polar surface area (TPSA) is 70.9 Å². The van der Waals surface area contributed by atoms with Crippen molar-refractivity contribution in [2.24, 2.45) is 5.10 Å². The molecule has 0 aliphatic heterocycles. The van der Waals surface area contributed by atoms with Crippen molar-refractivity contribution in [3.8, 4) is 11.5 Å². The zero-order valence-electron chi connectivity index (χ0n) is 14.0. The summed E-state index contributed by atoms with van der Waals surface area (Å²) in [5.74, 6) is 0.338. The Morgan fingerprint density at radius 1 is 1.32 bits per heavy atom. The molecule has 0 radical (unpaired) electrons. The summed E-state index contributed by atoms with van der Waals surface area (Å²) in [6.07, 6.45) is 0.759. The van der Waals surface area contributed by atoms with E-state index < -0.39 is 6.10 Å². The van der Waals surface area contributed by atoms with E-state index in [4.69, 9.17) is 16.3 Å². The van der Waals surface area contributed by atoms with E-state index in [2.05, 4.69) is 26.5 Å². The molecule has 0 unspecified atom stereocenters. The van der Waals surface area contributed by atoms with Crippen molar-refractivity contribution in [1.82, 2.24) is 5.43 Å². The van der Waals surface area contributed by atoms with Gasteiger partial charge < -0.3 is 9.84 Å². The molecule has 2 aromatic carbocycles. The summed E-state index contributed by atoms with van der Waals surface area (Å²) in [4.78, 5) is 12.1. The predicted octanol–water partition coefficient (Wildman–Crippen LogP) is 4.34. The molecule has 0 fully saturated rings. The number of aryl methyl sites for hydroxylation is 2. The van der Waals surface area contributed by atoms with Crippen LogP contribution in [-0.2, 0) is 4.79 Å². The molecule has 25 heavy (non-hydrogen) atoms. The molecular weight excluding hydrogens is 408 g/mol. The molecule has 5 nitrogen and oxygen atoms in total. The Bertz CT molecular complexity index is 801. The number of halogens is 2. The third-order valence-corrected chi connectivity index (χ3v) is 4.68. The van der Waals surface area contributed by atoms with Gasteiger partial charge in [0, 0.05) is 5.02 Å². The van der Waals surface area contributed by atoms with Crippen LogP contribution in [0.3, 0.4) is 0 Å². The van der Waals surface area contributed by atoms with E-state index in [1.54, 1.807) is 31.2 Å². The second-order valence-corrected chi connectivity index (χ2v) is 6.81. The summed E-state index contributed by atoms with van der Waals surface area (Å²) < 4.78 is 6.19. The Balaban J connectivity index is 1.96. The highest BCUT2D eigenvalue weighted by molar-refractivity contribution is 9.10. The van der Waals surface area contributed by atoms with Gasteiger partial charge in [-0.2, -0.15) is 5.10 Å². The fourth-order valence-electron chi connectivity index (χ4n) is 2.10. The minimum Gasteiger partial charge on any atom is -0.507 e. The van der Waals surface area contributed by atoms with E-state index in [1.807, 2.05) is 13.8 Å². The number of phenolic OH excluding ortho intramolecular Hbond substituents is 1. The van der Waals surface area contributed by atoms with Crippen molar-refractivity contribution in [2.45, 2.75) is 26.9 Å². The first-order valence-electron chi connectivity index (χ1n) is 7.52. The first-order valence-corrected chi connectivity index (χ1v) is 8.70. The number of hydrogen-bond donors (Lipinski definition) is 2. The van der Waals surface area contributed by atoms with Crippen LogP contribution in [0.4, 0.5) is 0 Å². The fraction of sp³-hybridized carbons (Fsp3) is 0.222. The third-order valence-electron chi connectivity index (χ3n) is 3.45. The summed E-state index contributed by atoms with van der Waals surface area (Å²) in [6, 6.07) is 8.47. The van der Waals surface area contributed by atoms with Crippen LogP contribution in [0.2, 0.25) is 5.02 Å². The molecule has 2 aromatic rings. The molecule has 132 valence electrons. The molecule has 2 rings (SSSR count). The van der Waals surface area contributed by atoms with Gasteiger partial charge in [-0.15, -0.1) is 0 Å². The lowest BCUT2D eigenvalue weighted by atomic mass is 10.1. The number of aromatic hydroxyl groups is 1. The van der Waals surface area contributed by atoms with Gasteiger partial charge in [0.05, 0.1) is 10.7 Å². The lowest BCUT2D eigenvalue weighted by Crippen LogP contribution is -2.33. The van der Waals surface area contributed by atoms with E-state index in [-0.39, 0.29) is 11.7 Å². The van der Waals surface area contributed by atoms with Crippen LogP contribution in [0.25, 0.3) is 0 Å². The zero-order chi connectivity index (χ0) is 18.6. The van der Waals surface area contributed by atoms with Crippen LogP contribution in [0.1, 0.15) is 23.6 Å². The highest BCUT2D eigenvalue weighted by Crippen LogP contribution is 2.26. The normalized spacial score (nSPS) is 12.2. The average molecular weight is 426 g/mol. The SMILES string of the molecule is Cc1cc(O[C@@H](C)C(=O)N/N=C\c2ccc(O)c(Br)c2)cc(C)c1Cl. The van der Waals surface area contributed by atoms with Gasteiger partial charge >= 0.3 is 0 Å². The van der Waals surface area contributed by atoms with E-state index in [1.165, 1.54) is 12.3 Å². The quantitative estimate of drug-likeness (QED) is 0.553. The number of amides is 1. The summed E-state index contributed by atoms with van der Waals surface area (Å²) in [7, 11) is 0. The maximum atomic E-state index is 12.1. The van der Waals surface area contributed by atoms with Crippen molar-refractivity contribution in [3.63, 3.8) is 0 Å². The summed E-state index contributed by atoms with van der Waals surface area (Å²) >= 11 is 9.34. The molecule has 2 N–H and O–H groups in total. The van der Waals surface area contributed by atoms with Gasteiger partial charge in [-0.25, -0.2) is 5.43 Å². The number of hydrogen-bond acceptors (Lipinski definition) is 4. The molecule has 0 aromatic heterocycles. The van der Waals surface area contributed by atoms with Crippen molar-refractivity contribution in [2.75, 3.05) is 0 Å². The van der Waals surface area contributed by atoms with Crippen LogP contribution >= 0.6 is 27.5 Å². The van der Waals surface area contributed by atoms with Gasteiger partial charge in [0.1, 0.15) is 11.5 Å². The number of ether oxygens (including phenoxy) is 1. The Kier molecular flexibility index (Phi) is 6.45. The zero-order valence-corrected chi connectivity index (χ0v) is 16.4. The number of phenols is 1. The number of hydrazone groups is 1. The summed E-state index contributed by atoms with van der Waals surface area (Å²) in [5.41, 5.74) is 4.93. The van der Waals surface area contributed by atoms with E-state index in [0.29, 0.717) is 15.2 Å². The van der Waals surface area contributed by atoms with Gasteiger partial charge in [-0.1, -0.05) is 11.6 Å². The van der Waals surface area contributed by atoms with Gasteiger partial charge in [-0.05, 0) is 83.7 Å². The Morgan fingerprint density at radius 2 is 1.96 bits per heavy atom. The monoisotopic (exact) mass is 424 g/mol. The van der Waals surface area contributed by atoms with Gasteiger partial charge in [0.2, 0.25) is 0 Å². The molecule has 1 atom stereocenters. The summed E-state index contributed by atoms with van der Waals surface area (Å²) in [5, 5.41) is 14.0. The van der Waals surface area contributed by atoms with Crippen LogP contribution in [0.15, 0.2) is 39.9 Å². The van der Waals surface area contributed by atoms with Crippen molar-refractivity contribution in [1.29, 1.82) is 0 Å². The lowest BCUT2D eigenvalue weighted by Gasteiger charge is -2.14. The van der Waals surface area contributed by atoms with Gasteiger partial charge in [0.15, 0.2) is 6.10 Å². The lowest BCUT2D eigenvalue weighted by molar-refractivity contribution is -0.127. The second-order valence-electron chi connectivity index (χ2n) is 5.58. The summed E-state index contributed by atoms with van der Waals surface area (Å²) in [6.45, 7) is 5.40. The Labute approximate surface area is 159 Å². The maximum Gasteiger partial charge on any atom is 0.280 e. The van der Waals surface area contributed by atoms with E-state index >= 15 is 0 Å². The molecule has 1 amide bonds. The van der Waals surface area contributed by atoms with Crippen LogP contribution in [0.5, 0.6) is 11.5 Å². The Hall–Kier alpha value is -2.05.